The third-order valence-electron chi connectivity index (χ3n) is 7.62. The molecule has 5 heteroatoms. The first-order chi connectivity index (χ1) is 16.9. The molecule has 0 saturated carbocycles. The van der Waals surface area contributed by atoms with Gasteiger partial charge in [-0.2, -0.15) is 0 Å². The van der Waals surface area contributed by atoms with Gasteiger partial charge in [0.05, 0.1) is 12.5 Å². The third-order valence-corrected chi connectivity index (χ3v) is 12.6. The molecule has 3 aromatic carbocycles. The summed E-state index contributed by atoms with van der Waals surface area (Å²) in [6.07, 6.45) is -0.213. The van der Waals surface area contributed by atoms with E-state index in [1.807, 2.05) is 6.07 Å². The number of rotatable bonds is 7. The van der Waals surface area contributed by atoms with Crippen molar-refractivity contribution in [2.24, 2.45) is 11.8 Å². The van der Waals surface area contributed by atoms with E-state index in [1.54, 1.807) is 0 Å². The standard InChI is InChI=1S/C30H35NO3Si/c1-30(2,3)35(24-15-9-5-10-16-24,25-17-11-6-12-18-25)33-22-28-26-20-31(21-27(26)29(32)34-28)19-23-13-7-4-8-14-23/h4-18,26-28H,19-22H2,1-3H3. The van der Waals surface area contributed by atoms with Crippen LogP contribution in [0.2, 0.25) is 5.04 Å². The normalized spacial score (nSPS) is 22.7. The summed E-state index contributed by atoms with van der Waals surface area (Å²) in [7, 11) is -2.67. The van der Waals surface area contributed by atoms with E-state index in [0.29, 0.717) is 6.61 Å². The van der Waals surface area contributed by atoms with Gasteiger partial charge in [0.25, 0.3) is 8.32 Å². The molecule has 0 radical (unpaired) electrons. The Morgan fingerprint density at radius 1 is 0.857 bits per heavy atom. The number of likely N-dealkylation sites (tertiary alicyclic amines) is 1. The minimum atomic E-state index is -2.67. The summed E-state index contributed by atoms with van der Waals surface area (Å²) in [5, 5.41) is 2.39. The molecule has 182 valence electrons. The number of carbonyl (C=O) groups excluding carboxylic acids is 1. The lowest BCUT2D eigenvalue weighted by Gasteiger charge is -2.43. The Balaban J connectivity index is 1.40. The minimum absolute atomic E-state index is 0.0635. The first-order valence-corrected chi connectivity index (χ1v) is 14.5. The second-order valence-corrected chi connectivity index (χ2v) is 15.2. The van der Waals surface area contributed by atoms with Crippen LogP contribution in [0.15, 0.2) is 91.0 Å². The fraction of sp³-hybridized carbons (Fsp3) is 0.367. The first-order valence-electron chi connectivity index (χ1n) is 12.6. The van der Waals surface area contributed by atoms with Gasteiger partial charge in [-0.25, -0.2) is 0 Å². The van der Waals surface area contributed by atoms with Crippen LogP contribution in [0, 0.1) is 11.8 Å². The lowest BCUT2D eigenvalue weighted by atomic mass is 9.94. The molecule has 5 rings (SSSR count). The van der Waals surface area contributed by atoms with E-state index < -0.39 is 8.32 Å². The Morgan fingerprint density at radius 3 is 1.94 bits per heavy atom. The van der Waals surface area contributed by atoms with Gasteiger partial charge in [-0.3, -0.25) is 9.69 Å². The maximum absolute atomic E-state index is 12.8. The molecule has 2 heterocycles. The molecule has 0 aliphatic carbocycles. The molecule has 4 nitrogen and oxygen atoms in total. The van der Waals surface area contributed by atoms with E-state index >= 15 is 0 Å². The average Bonchev–Trinajstić information content (AvgIpc) is 3.40. The average molecular weight is 486 g/mol. The van der Waals surface area contributed by atoms with Crippen molar-refractivity contribution in [1.29, 1.82) is 0 Å². The summed E-state index contributed by atoms with van der Waals surface area (Å²) in [5.41, 5.74) is 1.28. The maximum Gasteiger partial charge on any atom is 0.311 e. The second kappa shape index (κ2) is 9.73. The van der Waals surface area contributed by atoms with Crippen molar-refractivity contribution in [3.8, 4) is 0 Å². The Hall–Kier alpha value is -2.73. The fourth-order valence-corrected chi connectivity index (χ4v) is 10.5. The quantitative estimate of drug-likeness (QED) is 0.371. The van der Waals surface area contributed by atoms with Gasteiger partial charge in [0, 0.05) is 25.6 Å². The molecule has 3 unspecified atom stereocenters. The van der Waals surface area contributed by atoms with Crippen LogP contribution in [-0.2, 0) is 20.5 Å². The van der Waals surface area contributed by atoms with Gasteiger partial charge in [0.2, 0.25) is 0 Å². The third kappa shape index (κ3) is 4.60. The Labute approximate surface area is 210 Å². The van der Waals surface area contributed by atoms with E-state index in [2.05, 4.69) is 111 Å². The number of carbonyl (C=O) groups is 1. The van der Waals surface area contributed by atoms with E-state index in [9.17, 15) is 4.79 Å². The van der Waals surface area contributed by atoms with Crippen molar-refractivity contribution >= 4 is 24.7 Å². The molecular formula is C30H35NO3Si. The number of nitrogens with zero attached hydrogens (tertiary/aromatic N) is 1. The van der Waals surface area contributed by atoms with E-state index in [4.69, 9.17) is 9.16 Å². The minimum Gasteiger partial charge on any atom is -0.459 e. The first kappa shape index (κ1) is 24.0. The van der Waals surface area contributed by atoms with Gasteiger partial charge < -0.3 is 9.16 Å². The zero-order chi connectivity index (χ0) is 24.5. The second-order valence-electron chi connectivity index (χ2n) is 10.9. The van der Waals surface area contributed by atoms with Crippen molar-refractivity contribution in [2.45, 2.75) is 38.5 Å². The molecule has 0 amide bonds. The largest absolute Gasteiger partial charge is 0.459 e. The van der Waals surface area contributed by atoms with Crippen LogP contribution in [-0.4, -0.2) is 45.0 Å². The highest BCUT2D eigenvalue weighted by Gasteiger charge is 2.54. The monoisotopic (exact) mass is 485 g/mol. The molecule has 2 saturated heterocycles. The van der Waals surface area contributed by atoms with E-state index in [-0.39, 0.29) is 28.9 Å². The van der Waals surface area contributed by atoms with Crippen LogP contribution in [0.1, 0.15) is 26.3 Å². The maximum atomic E-state index is 12.8. The highest BCUT2D eigenvalue weighted by molar-refractivity contribution is 6.99. The zero-order valence-corrected chi connectivity index (χ0v) is 21.9. The lowest BCUT2D eigenvalue weighted by Crippen LogP contribution is -2.67. The SMILES string of the molecule is CC(C)(C)[Si](OCC1OC(=O)C2CN(Cc3ccccc3)CC12)(c1ccccc1)c1ccccc1. The van der Waals surface area contributed by atoms with Crippen molar-refractivity contribution in [3.63, 3.8) is 0 Å². The van der Waals surface area contributed by atoms with Gasteiger partial charge in [-0.05, 0) is 21.0 Å². The van der Waals surface area contributed by atoms with Crippen LogP contribution in [0.3, 0.4) is 0 Å². The van der Waals surface area contributed by atoms with Gasteiger partial charge in [-0.15, -0.1) is 0 Å². The molecule has 0 N–H and O–H groups in total. The molecule has 3 aromatic rings. The van der Waals surface area contributed by atoms with Gasteiger partial charge in [0.15, 0.2) is 0 Å². The summed E-state index contributed by atoms with van der Waals surface area (Å²) in [6.45, 7) is 9.75. The highest BCUT2D eigenvalue weighted by Crippen LogP contribution is 2.40. The number of cyclic esters (lactones) is 1. The summed E-state index contributed by atoms with van der Waals surface area (Å²) < 4.78 is 13.0. The van der Waals surface area contributed by atoms with Crippen molar-refractivity contribution in [3.05, 3.63) is 96.6 Å². The number of hydrogen-bond acceptors (Lipinski definition) is 4. The Bertz CT molecular complexity index is 1090. The summed E-state index contributed by atoms with van der Waals surface area (Å²) in [5.74, 6) is 0.0394. The molecule has 3 atom stereocenters. The van der Waals surface area contributed by atoms with Crippen molar-refractivity contribution < 1.29 is 14.0 Å². The van der Waals surface area contributed by atoms with Crippen LogP contribution in [0.5, 0.6) is 0 Å². The molecule has 35 heavy (non-hydrogen) atoms. The Morgan fingerprint density at radius 2 is 1.40 bits per heavy atom. The fourth-order valence-electron chi connectivity index (χ4n) is 5.96. The number of esters is 1. The predicted molar refractivity (Wildman–Crippen MR) is 142 cm³/mol. The summed E-state index contributed by atoms with van der Waals surface area (Å²) >= 11 is 0. The number of ether oxygens (including phenoxy) is 1. The molecule has 2 aliphatic heterocycles. The molecule has 0 spiro atoms. The molecule has 2 aliphatic rings. The number of hydrogen-bond donors (Lipinski definition) is 0. The number of benzene rings is 3. The topological polar surface area (TPSA) is 38.8 Å². The van der Waals surface area contributed by atoms with Gasteiger partial charge in [0.1, 0.15) is 6.10 Å². The molecular weight excluding hydrogens is 450 g/mol. The van der Waals surface area contributed by atoms with Crippen LogP contribution in [0.25, 0.3) is 0 Å². The van der Waals surface area contributed by atoms with Gasteiger partial charge >= 0.3 is 5.97 Å². The van der Waals surface area contributed by atoms with Gasteiger partial charge in [-0.1, -0.05) is 112 Å². The summed E-state index contributed by atoms with van der Waals surface area (Å²) in [4.78, 5) is 15.2. The van der Waals surface area contributed by atoms with Crippen molar-refractivity contribution in [1.82, 2.24) is 4.90 Å². The Kier molecular flexibility index (Phi) is 6.66. The van der Waals surface area contributed by atoms with Crippen LogP contribution in [0.4, 0.5) is 0 Å². The zero-order valence-electron chi connectivity index (χ0n) is 20.9. The molecule has 0 aromatic heterocycles. The predicted octanol–water partition coefficient (Wildman–Crippen LogP) is 4.24. The molecule has 2 fully saturated rings. The molecule has 0 bridgehead atoms. The lowest BCUT2D eigenvalue weighted by molar-refractivity contribution is -0.146. The number of fused-ring (bicyclic) bond motifs is 1. The van der Waals surface area contributed by atoms with E-state index in [0.717, 1.165) is 19.6 Å². The summed E-state index contributed by atoms with van der Waals surface area (Å²) in [6, 6.07) is 31.8. The highest BCUT2D eigenvalue weighted by atomic mass is 28.4. The smallest absolute Gasteiger partial charge is 0.311 e. The van der Waals surface area contributed by atoms with Crippen molar-refractivity contribution in [2.75, 3.05) is 19.7 Å². The van der Waals surface area contributed by atoms with Crippen LogP contribution < -0.4 is 10.4 Å². The van der Waals surface area contributed by atoms with E-state index in [1.165, 1.54) is 15.9 Å². The van der Waals surface area contributed by atoms with Crippen LogP contribution >= 0.6 is 0 Å².